The van der Waals surface area contributed by atoms with E-state index in [9.17, 15) is 18.0 Å². The molecule has 29 heavy (non-hydrogen) atoms. The summed E-state index contributed by atoms with van der Waals surface area (Å²) < 4.78 is 23.0. The molecule has 0 bridgehead atoms. The number of nitrogens with one attached hydrogen (secondary N) is 1. The van der Waals surface area contributed by atoms with Crippen LogP contribution in [0.4, 0.5) is 0 Å². The fraction of sp³-hybridized carbons (Fsp3) is 0.524. The van der Waals surface area contributed by atoms with E-state index in [2.05, 4.69) is 28.4 Å². The van der Waals surface area contributed by atoms with Crippen molar-refractivity contribution in [2.24, 2.45) is 0 Å². The minimum atomic E-state index is -3.04. The van der Waals surface area contributed by atoms with Gasteiger partial charge in [0.2, 0.25) is 11.8 Å². The molecule has 158 valence electrons. The molecular formula is C21H29N3O4S. The molecule has 8 heteroatoms. The molecule has 1 atom stereocenters. The van der Waals surface area contributed by atoms with Gasteiger partial charge in [-0.05, 0) is 30.9 Å². The Bertz CT molecular complexity index is 867. The van der Waals surface area contributed by atoms with Crippen LogP contribution in [0.3, 0.4) is 0 Å². The lowest BCUT2D eigenvalue weighted by molar-refractivity contribution is -0.136. The third kappa shape index (κ3) is 6.14. The second kappa shape index (κ2) is 9.54. The molecule has 2 aliphatic heterocycles. The first kappa shape index (κ1) is 21.5. The fourth-order valence-electron chi connectivity index (χ4n) is 3.79. The predicted octanol–water partition coefficient (Wildman–Crippen LogP) is 0.928. The highest BCUT2D eigenvalue weighted by Crippen LogP contribution is 2.21. The number of carbonyl (C=O) groups is 2. The van der Waals surface area contributed by atoms with Gasteiger partial charge < -0.3 is 10.2 Å². The highest BCUT2D eigenvalue weighted by molar-refractivity contribution is 7.91. The van der Waals surface area contributed by atoms with E-state index in [4.69, 9.17) is 0 Å². The van der Waals surface area contributed by atoms with Crippen LogP contribution in [0.25, 0.3) is 5.57 Å². The van der Waals surface area contributed by atoms with E-state index in [0.29, 0.717) is 19.5 Å². The molecule has 1 aromatic rings. The smallest absolute Gasteiger partial charge is 0.239 e. The van der Waals surface area contributed by atoms with Gasteiger partial charge in [0.25, 0.3) is 0 Å². The Morgan fingerprint density at radius 3 is 2.59 bits per heavy atom. The van der Waals surface area contributed by atoms with Crippen LogP contribution in [-0.4, -0.2) is 80.3 Å². The molecule has 7 nitrogen and oxygen atoms in total. The average Bonchev–Trinajstić information content (AvgIpc) is 3.05. The summed E-state index contributed by atoms with van der Waals surface area (Å²) in [7, 11) is -3.04. The van der Waals surface area contributed by atoms with Gasteiger partial charge in [-0.3, -0.25) is 14.5 Å². The van der Waals surface area contributed by atoms with Crippen molar-refractivity contribution in [3.63, 3.8) is 0 Å². The summed E-state index contributed by atoms with van der Waals surface area (Å²) in [6.45, 7) is 4.03. The van der Waals surface area contributed by atoms with Crippen molar-refractivity contribution >= 4 is 27.2 Å². The number of hydrogen-bond donors (Lipinski definition) is 1. The Morgan fingerprint density at radius 1 is 1.24 bits per heavy atom. The van der Waals surface area contributed by atoms with Gasteiger partial charge in [0.1, 0.15) is 0 Å². The van der Waals surface area contributed by atoms with Gasteiger partial charge in [0, 0.05) is 25.7 Å². The van der Waals surface area contributed by atoms with Crippen molar-refractivity contribution in [2.75, 3.05) is 44.2 Å². The zero-order valence-corrected chi connectivity index (χ0v) is 17.7. The summed E-state index contributed by atoms with van der Waals surface area (Å²) in [6.07, 6.45) is 3.49. The van der Waals surface area contributed by atoms with E-state index in [1.165, 1.54) is 16.0 Å². The van der Waals surface area contributed by atoms with Crippen LogP contribution in [0.5, 0.6) is 0 Å². The Kier molecular flexibility index (Phi) is 7.08. The van der Waals surface area contributed by atoms with Crippen molar-refractivity contribution in [3.05, 3.63) is 42.0 Å². The van der Waals surface area contributed by atoms with Gasteiger partial charge in [0.15, 0.2) is 9.84 Å². The molecular weight excluding hydrogens is 390 g/mol. The van der Waals surface area contributed by atoms with E-state index in [0.717, 1.165) is 13.0 Å². The van der Waals surface area contributed by atoms with Crippen LogP contribution in [0.15, 0.2) is 36.4 Å². The quantitative estimate of drug-likeness (QED) is 0.710. The molecule has 2 amide bonds. The normalized spacial score (nSPS) is 21.4. The Labute approximate surface area is 172 Å². The predicted molar refractivity (Wildman–Crippen MR) is 113 cm³/mol. The zero-order chi connectivity index (χ0) is 20.9. The van der Waals surface area contributed by atoms with Crippen molar-refractivity contribution in [1.29, 1.82) is 0 Å². The molecule has 0 spiro atoms. The van der Waals surface area contributed by atoms with Gasteiger partial charge in [-0.2, -0.15) is 0 Å². The third-order valence-corrected chi connectivity index (χ3v) is 7.23. The summed E-state index contributed by atoms with van der Waals surface area (Å²) in [5.74, 6) is -0.282. The maximum atomic E-state index is 12.7. The van der Waals surface area contributed by atoms with E-state index < -0.39 is 9.84 Å². The molecule has 2 aliphatic rings. The number of benzene rings is 1. The fourth-order valence-corrected chi connectivity index (χ4v) is 5.47. The first-order valence-corrected chi connectivity index (χ1v) is 11.9. The monoisotopic (exact) mass is 419 g/mol. The zero-order valence-electron chi connectivity index (χ0n) is 16.8. The van der Waals surface area contributed by atoms with Crippen LogP contribution in [-0.2, 0) is 19.4 Å². The number of likely N-dealkylation sites (N-methyl/N-ethyl adjacent to an activating group) is 1. The molecule has 1 N–H and O–H groups in total. The molecule has 0 unspecified atom stereocenters. The highest BCUT2D eigenvalue weighted by atomic mass is 32.2. The molecule has 3 rings (SSSR count). The highest BCUT2D eigenvalue weighted by Gasteiger charge is 2.29. The average molecular weight is 420 g/mol. The molecule has 2 heterocycles. The number of rotatable bonds is 7. The van der Waals surface area contributed by atoms with Crippen molar-refractivity contribution in [2.45, 2.75) is 25.8 Å². The summed E-state index contributed by atoms with van der Waals surface area (Å²) in [5, 5.41) is 2.75. The molecule has 0 saturated carbocycles. The van der Waals surface area contributed by atoms with Gasteiger partial charge in [0.05, 0.1) is 24.6 Å². The van der Waals surface area contributed by atoms with Crippen LogP contribution in [0, 0.1) is 0 Å². The van der Waals surface area contributed by atoms with Gasteiger partial charge in [-0.15, -0.1) is 0 Å². The van der Waals surface area contributed by atoms with Crippen LogP contribution in [0.2, 0.25) is 0 Å². The van der Waals surface area contributed by atoms with E-state index in [1.807, 2.05) is 25.1 Å². The van der Waals surface area contributed by atoms with Crippen LogP contribution >= 0.6 is 0 Å². The standard InChI is InChI=1S/C21H29N3O4S/c1-2-24(14-20(25)22-19-10-13-29(27,28)16-19)21(26)15-23-11-8-18(9-12-23)17-6-4-3-5-7-17/h3-8,19H,2,9-16H2,1H3,(H,22,25)/t19-/m1/s1. The van der Waals surface area contributed by atoms with Crippen LogP contribution < -0.4 is 5.32 Å². The van der Waals surface area contributed by atoms with E-state index >= 15 is 0 Å². The van der Waals surface area contributed by atoms with Gasteiger partial charge in [-0.1, -0.05) is 36.4 Å². The number of carbonyl (C=O) groups excluding carboxylic acids is 2. The molecule has 0 aliphatic carbocycles. The number of amides is 2. The lowest BCUT2D eigenvalue weighted by Gasteiger charge is -2.29. The van der Waals surface area contributed by atoms with E-state index in [-0.39, 0.29) is 42.5 Å². The summed E-state index contributed by atoms with van der Waals surface area (Å²) >= 11 is 0. The van der Waals surface area contributed by atoms with Gasteiger partial charge in [-0.25, -0.2) is 8.42 Å². The number of sulfone groups is 1. The Morgan fingerprint density at radius 2 is 2.00 bits per heavy atom. The Balaban J connectivity index is 1.47. The first-order chi connectivity index (χ1) is 13.9. The lowest BCUT2D eigenvalue weighted by atomic mass is 9.99. The van der Waals surface area contributed by atoms with Gasteiger partial charge >= 0.3 is 0 Å². The summed E-state index contributed by atoms with van der Waals surface area (Å²) in [6, 6.07) is 9.90. The maximum absolute atomic E-state index is 12.7. The van der Waals surface area contributed by atoms with E-state index in [1.54, 1.807) is 0 Å². The molecule has 1 saturated heterocycles. The number of hydrogen-bond acceptors (Lipinski definition) is 5. The van der Waals surface area contributed by atoms with Crippen molar-refractivity contribution in [1.82, 2.24) is 15.1 Å². The maximum Gasteiger partial charge on any atom is 0.239 e. The molecule has 0 aromatic heterocycles. The van der Waals surface area contributed by atoms with Crippen LogP contribution in [0.1, 0.15) is 25.3 Å². The Hall–Kier alpha value is -2.19. The third-order valence-electron chi connectivity index (χ3n) is 5.46. The largest absolute Gasteiger partial charge is 0.351 e. The topological polar surface area (TPSA) is 86.8 Å². The lowest BCUT2D eigenvalue weighted by Crippen LogP contribution is -2.47. The second-order valence-corrected chi connectivity index (χ2v) is 9.88. The molecule has 1 fully saturated rings. The minimum absolute atomic E-state index is 0.0112. The van der Waals surface area contributed by atoms with Crippen molar-refractivity contribution in [3.8, 4) is 0 Å². The second-order valence-electron chi connectivity index (χ2n) is 7.66. The summed E-state index contributed by atoms with van der Waals surface area (Å²) in [4.78, 5) is 28.5. The summed E-state index contributed by atoms with van der Waals surface area (Å²) in [5.41, 5.74) is 2.52. The van der Waals surface area contributed by atoms with Crippen molar-refractivity contribution < 1.29 is 18.0 Å². The minimum Gasteiger partial charge on any atom is -0.351 e. The first-order valence-electron chi connectivity index (χ1n) is 10.1. The SMILES string of the molecule is CCN(CC(=O)N[C@@H]1CCS(=O)(=O)C1)C(=O)CN1CC=C(c2ccccc2)CC1. The number of nitrogens with zero attached hydrogens (tertiary/aromatic N) is 2. The molecule has 1 aromatic carbocycles. The molecule has 0 radical (unpaired) electrons.